The van der Waals surface area contributed by atoms with Gasteiger partial charge in [-0.2, -0.15) is 25.8 Å². The molecular formula is C59H55N17O2. The molecule has 19 heteroatoms. The Morgan fingerprint density at radius 3 is 1.76 bits per heavy atom. The molecule has 78 heavy (non-hydrogen) atoms. The first-order chi connectivity index (χ1) is 38.1. The third-order valence-corrected chi connectivity index (χ3v) is 15.0. The first-order valence-corrected chi connectivity index (χ1v) is 26.2. The average molecular weight is 1030 g/mol. The van der Waals surface area contributed by atoms with Crippen LogP contribution < -0.4 is 9.80 Å². The number of aromatic nitrogens is 11. The molecule has 8 aromatic heterocycles. The Morgan fingerprint density at radius 1 is 0.641 bits per heavy atom. The van der Waals surface area contributed by atoms with Crippen molar-refractivity contribution >= 4 is 28.6 Å². The van der Waals surface area contributed by atoms with Crippen LogP contribution in [0.2, 0.25) is 0 Å². The van der Waals surface area contributed by atoms with E-state index in [0.29, 0.717) is 83.4 Å². The molecule has 2 unspecified atom stereocenters. The number of benzene rings is 2. The van der Waals surface area contributed by atoms with Crippen molar-refractivity contribution in [2.24, 2.45) is 0 Å². The number of carbonyl (C=O) groups is 1. The Labute approximate surface area is 450 Å². The number of hydrogen-bond donors (Lipinski definition) is 0. The molecule has 0 aliphatic carbocycles. The maximum atomic E-state index is 12.6. The number of amides is 1. The summed E-state index contributed by atoms with van der Waals surface area (Å²) in [5.41, 5.74) is 11.6. The standard InChI is InChI=1S/C30H29N9.C29H26N8O2/c1-20(2)38-16-24(14-33-38)27-19-39-30(23(11-31)13-34-39)29(35-27)22-8-9-28(32-12-22)36-17-25-10-26(18-36)37(25)15-21-6-4-3-5-7-21;1-19(2)20-3-5-21(6-4-20)25-18-37-28(23(15-30)17-32-37)27(33-25)22-7-8-26(31-16-22)35-10-12-36(13-11-35)29(38)24-9-14-39-34-24/h3-9,12-14,16,19-20,25-26H,10,15,17-18H2,1-2H3;3-9,14,16-19H,10-13H2,1-2H3. The van der Waals surface area contributed by atoms with Crippen LogP contribution in [0.1, 0.15) is 78.8 Å². The highest BCUT2D eigenvalue weighted by Gasteiger charge is 2.44. The molecule has 2 aromatic carbocycles. The zero-order valence-corrected chi connectivity index (χ0v) is 43.7. The molecule has 12 heterocycles. The Hall–Kier alpha value is -9.59. The lowest BCUT2D eigenvalue weighted by atomic mass is 9.86. The van der Waals surface area contributed by atoms with Crippen LogP contribution in [-0.4, -0.2) is 121 Å². The quantitative estimate of drug-likeness (QED) is 0.118. The summed E-state index contributed by atoms with van der Waals surface area (Å²) in [6.07, 6.45) is 17.0. The number of carbonyl (C=O) groups excluding carboxylic acids is 1. The molecule has 4 fully saturated rings. The zero-order valence-electron chi connectivity index (χ0n) is 43.7. The van der Waals surface area contributed by atoms with Crippen molar-refractivity contribution in [2.75, 3.05) is 49.1 Å². The smallest absolute Gasteiger partial charge is 0.276 e. The van der Waals surface area contributed by atoms with Gasteiger partial charge in [0.25, 0.3) is 5.91 Å². The number of fused-ring (bicyclic) bond motifs is 4. The van der Waals surface area contributed by atoms with Gasteiger partial charge in [-0.05, 0) is 61.6 Å². The van der Waals surface area contributed by atoms with Gasteiger partial charge in [0.05, 0.1) is 53.8 Å². The van der Waals surface area contributed by atoms with Gasteiger partial charge in [0.1, 0.15) is 52.2 Å². The lowest BCUT2D eigenvalue weighted by Gasteiger charge is -2.56. The van der Waals surface area contributed by atoms with Gasteiger partial charge < -0.3 is 19.2 Å². The zero-order chi connectivity index (χ0) is 53.4. The second kappa shape index (κ2) is 20.9. The number of rotatable bonds is 11. The van der Waals surface area contributed by atoms with E-state index < -0.39 is 0 Å². The summed E-state index contributed by atoms with van der Waals surface area (Å²) in [5.74, 6) is 2.11. The highest BCUT2D eigenvalue weighted by atomic mass is 16.5. The van der Waals surface area contributed by atoms with Crippen LogP contribution in [0.4, 0.5) is 11.6 Å². The number of anilines is 2. The number of nitriles is 2. The topological polar surface area (TPSA) is 208 Å². The minimum absolute atomic E-state index is 0.130. The number of pyridine rings is 2. The fourth-order valence-electron chi connectivity index (χ4n) is 10.6. The molecule has 4 aliphatic heterocycles. The molecule has 2 atom stereocenters. The maximum Gasteiger partial charge on any atom is 0.276 e. The Bertz CT molecular complexity index is 3830. The second-order valence-electron chi connectivity index (χ2n) is 20.5. The predicted octanol–water partition coefficient (Wildman–Crippen LogP) is 8.97. The third-order valence-electron chi connectivity index (χ3n) is 15.0. The van der Waals surface area contributed by atoms with Crippen LogP contribution in [0.15, 0.2) is 145 Å². The number of hydrogen-bond acceptors (Lipinski definition) is 15. The van der Waals surface area contributed by atoms with Gasteiger partial charge >= 0.3 is 0 Å². The molecule has 4 aliphatic rings. The Kier molecular flexibility index (Phi) is 13.2. The highest BCUT2D eigenvalue weighted by molar-refractivity contribution is 5.92. The van der Waals surface area contributed by atoms with Crippen LogP contribution in [0, 0.1) is 22.7 Å². The van der Waals surface area contributed by atoms with Gasteiger partial charge in [0.15, 0.2) is 5.69 Å². The molecule has 0 N–H and O–H groups in total. The molecule has 0 radical (unpaired) electrons. The van der Waals surface area contributed by atoms with Gasteiger partial charge in [-0.1, -0.05) is 73.6 Å². The van der Waals surface area contributed by atoms with Gasteiger partial charge in [-0.25, -0.2) is 29.0 Å². The van der Waals surface area contributed by atoms with Crippen LogP contribution in [0.3, 0.4) is 0 Å². The summed E-state index contributed by atoms with van der Waals surface area (Å²) < 4.78 is 10.2. The highest BCUT2D eigenvalue weighted by Crippen LogP contribution is 2.37. The molecule has 388 valence electrons. The van der Waals surface area contributed by atoms with Crippen LogP contribution in [0.25, 0.3) is 56.1 Å². The van der Waals surface area contributed by atoms with Crippen LogP contribution in [0.5, 0.6) is 0 Å². The third kappa shape index (κ3) is 9.56. The minimum Gasteiger partial charge on any atom is -0.364 e. The molecule has 19 nitrogen and oxygen atoms in total. The van der Waals surface area contributed by atoms with E-state index in [4.69, 9.17) is 24.5 Å². The van der Waals surface area contributed by atoms with Crippen molar-refractivity contribution in [3.8, 4) is 57.2 Å². The minimum atomic E-state index is -0.130. The van der Waals surface area contributed by atoms with Crippen molar-refractivity contribution in [3.05, 3.63) is 169 Å². The summed E-state index contributed by atoms with van der Waals surface area (Å²) in [5, 5.41) is 36.5. The molecule has 4 saturated heterocycles. The summed E-state index contributed by atoms with van der Waals surface area (Å²) >= 11 is 0. The Morgan fingerprint density at radius 2 is 1.23 bits per heavy atom. The van der Waals surface area contributed by atoms with Crippen molar-refractivity contribution in [1.82, 2.24) is 63.9 Å². The number of piperidine rings is 1. The molecule has 10 aromatic rings. The molecular weight excluding hydrogens is 979 g/mol. The van der Waals surface area contributed by atoms with Gasteiger partial charge in [0, 0.05) is 111 Å². The van der Waals surface area contributed by atoms with E-state index in [1.54, 1.807) is 38.6 Å². The van der Waals surface area contributed by atoms with Crippen LogP contribution >= 0.6 is 0 Å². The molecule has 14 rings (SSSR count). The number of nitrogens with zero attached hydrogens (tertiary/aromatic N) is 17. The average Bonchev–Trinajstić information content (AvgIpc) is 4.40. The monoisotopic (exact) mass is 1030 g/mol. The summed E-state index contributed by atoms with van der Waals surface area (Å²) in [6, 6.07) is 34.6. The van der Waals surface area contributed by atoms with Gasteiger partial charge in [0.2, 0.25) is 0 Å². The molecule has 0 saturated carbocycles. The van der Waals surface area contributed by atoms with Crippen molar-refractivity contribution in [3.63, 3.8) is 0 Å². The van der Waals surface area contributed by atoms with E-state index in [-0.39, 0.29) is 11.9 Å². The SMILES string of the molecule is CC(C)c1ccc(-c2cn3ncc(C#N)c3c(-c3ccc(N4CCN(C(=O)c5ccon5)CC4)nc3)n2)cc1.CC(C)n1cc(-c2cn3ncc(C#N)c3c(-c3ccc(N4CC5CC(C4)N5Cc4ccccc4)nc3)n2)cn1. The summed E-state index contributed by atoms with van der Waals surface area (Å²) in [6.45, 7) is 13.9. The fraction of sp³-hybridized carbons (Fsp3) is 0.271. The van der Waals surface area contributed by atoms with Crippen LogP contribution in [-0.2, 0) is 6.54 Å². The van der Waals surface area contributed by atoms with E-state index in [2.05, 4.69) is 142 Å². The molecule has 0 spiro atoms. The maximum absolute atomic E-state index is 12.6. The Balaban J connectivity index is 0.000000156. The predicted molar refractivity (Wildman–Crippen MR) is 294 cm³/mol. The lowest BCUT2D eigenvalue weighted by molar-refractivity contribution is -0.00867. The normalized spacial score (nSPS) is 16.3. The van der Waals surface area contributed by atoms with Crippen molar-refractivity contribution in [2.45, 2.75) is 64.7 Å². The van der Waals surface area contributed by atoms with Gasteiger partial charge in [-0.15, -0.1) is 0 Å². The fourth-order valence-corrected chi connectivity index (χ4v) is 10.6. The number of piperazine rings is 2. The lowest BCUT2D eigenvalue weighted by Crippen LogP contribution is -2.68. The second-order valence-corrected chi connectivity index (χ2v) is 20.5. The summed E-state index contributed by atoms with van der Waals surface area (Å²) in [7, 11) is 0. The first-order valence-electron chi connectivity index (χ1n) is 26.2. The van der Waals surface area contributed by atoms with E-state index >= 15 is 0 Å². The van der Waals surface area contributed by atoms with Crippen molar-refractivity contribution < 1.29 is 9.32 Å². The summed E-state index contributed by atoms with van der Waals surface area (Å²) in [4.78, 5) is 41.0. The first kappa shape index (κ1) is 49.3. The molecule has 1 amide bonds. The van der Waals surface area contributed by atoms with Crippen molar-refractivity contribution in [1.29, 1.82) is 10.5 Å². The van der Waals surface area contributed by atoms with E-state index in [1.165, 1.54) is 23.8 Å². The van der Waals surface area contributed by atoms with E-state index in [1.807, 2.05) is 47.8 Å². The largest absolute Gasteiger partial charge is 0.364 e. The molecule has 2 bridgehead atoms. The van der Waals surface area contributed by atoms with E-state index in [9.17, 15) is 15.3 Å². The van der Waals surface area contributed by atoms with Gasteiger partial charge in [-0.3, -0.25) is 14.4 Å². The van der Waals surface area contributed by atoms with E-state index in [0.717, 1.165) is 64.9 Å².